The maximum Gasteiger partial charge on any atom is 0.262 e. The minimum Gasteiger partial charge on any atom is -0.353 e. The Balaban J connectivity index is 1.77. The monoisotopic (exact) mass is 386 g/mol. The number of hydrogen-bond acceptors (Lipinski definition) is 3. The van der Waals surface area contributed by atoms with Gasteiger partial charge in [-0.1, -0.05) is 18.2 Å². The van der Waals surface area contributed by atoms with E-state index in [0.29, 0.717) is 23.0 Å². The molecule has 2 aromatic rings. The number of rotatable bonds is 6. The number of nitrogens with one attached hydrogen (secondary N) is 2. The summed E-state index contributed by atoms with van der Waals surface area (Å²) in [7, 11) is -3.69. The standard InChI is InChI=1S/C21H26N2O3S/c1-13-11-14(2)16(4)21(15(13)3)27(25,26)23-19-7-5-17(6-8-19)12-20(24)22-18-9-10-18/h5-8,11,18,23H,9-10,12H2,1-4H3,(H,22,24). The molecule has 1 saturated carbocycles. The van der Waals surface area contributed by atoms with Crippen LogP contribution in [-0.2, 0) is 21.2 Å². The van der Waals surface area contributed by atoms with Gasteiger partial charge in [0.25, 0.3) is 10.0 Å². The third-order valence-electron chi connectivity index (χ3n) is 5.08. The Labute approximate surface area is 161 Å². The van der Waals surface area contributed by atoms with E-state index in [1.165, 1.54) is 0 Å². The summed E-state index contributed by atoms with van der Waals surface area (Å²) in [6.07, 6.45) is 2.42. The lowest BCUT2D eigenvalue weighted by atomic mass is 10.0. The van der Waals surface area contributed by atoms with Crippen molar-refractivity contribution in [2.24, 2.45) is 0 Å². The Hall–Kier alpha value is -2.34. The third kappa shape index (κ3) is 4.50. The number of carbonyl (C=O) groups is 1. The van der Waals surface area contributed by atoms with E-state index >= 15 is 0 Å². The fourth-order valence-corrected chi connectivity index (χ4v) is 4.85. The molecule has 0 bridgehead atoms. The van der Waals surface area contributed by atoms with Gasteiger partial charge < -0.3 is 5.32 Å². The lowest BCUT2D eigenvalue weighted by Gasteiger charge is -2.17. The molecule has 2 N–H and O–H groups in total. The van der Waals surface area contributed by atoms with E-state index in [-0.39, 0.29) is 5.91 Å². The van der Waals surface area contributed by atoms with E-state index in [9.17, 15) is 13.2 Å². The fourth-order valence-electron chi connectivity index (χ4n) is 3.17. The van der Waals surface area contributed by atoms with Crippen LogP contribution >= 0.6 is 0 Å². The highest BCUT2D eigenvalue weighted by Gasteiger charge is 2.24. The summed E-state index contributed by atoms with van der Waals surface area (Å²) in [5.41, 5.74) is 4.78. The molecule has 0 radical (unpaired) electrons. The number of hydrogen-bond donors (Lipinski definition) is 2. The molecular weight excluding hydrogens is 360 g/mol. The zero-order valence-electron chi connectivity index (χ0n) is 16.2. The van der Waals surface area contributed by atoms with Crippen LogP contribution in [0.15, 0.2) is 35.2 Å². The van der Waals surface area contributed by atoms with Crippen molar-refractivity contribution in [2.45, 2.75) is 57.9 Å². The van der Waals surface area contributed by atoms with Gasteiger partial charge in [-0.05, 0) is 80.5 Å². The van der Waals surface area contributed by atoms with E-state index < -0.39 is 10.0 Å². The van der Waals surface area contributed by atoms with Gasteiger partial charge in [-0.25, -0.2) is 8.42 Å². The summed E-state index contributed by atoms with van der Waals surface area (Å²) in [4.78, 5) is 12.2. The lowest BCUT2D eigenvalue weighted by Crippen LogP contribution is -2.26. The quantitative estimate of drug-likeness (QED) is 0.797. The van der Waals surface area contributed by atoms with Crippen molar-refractivity contribution < 1.29 is 13.2 Å². The minimum absolute atomic E-state index is 0.00677. The van der Waals surface area contributed by atoms with Crippen LogP contribution in [-0.4, -0.2) is 20.4 Å². The SMILES string of the molecule is Cc1cc(C)c(C)c(S(=O)(=O)Nc2ccc(CC(=O)NC3CC3)cc2)c1C. The van der Waals surface area contributed by atoms with Gasteiger partial charge in [0.2, 0.25) is 5.91 Å². The molecule has 6 heteroatoms. The summed E-state index contributed by atoms with van der Waals surface area (Å²) < 4.78 is 28.6. The number of amides is 1. The third-order valence-corrected chi connectivity index (χ3v) is 6.73. The van der Waals surface area contributed by atoms with E-state index in [1.54, 1.807) is 24.3 Å². The normalized spacial score (nSPS) is 14.1. The number of sulfonamides is 1. The largest absolute Gasteiger partial charge is 0.353 e. The van der Waals surface area contributed by atoms with Crippen molar-refractivity contribution in [1.82, 2.24) is 5.32 Å². The van der Waals surface area contributed by atoms with Gasteiger partial charge >= 0.3 is 0 Å². The Kier molecular flexibility index (Phi) is 5.29. The molecule has 1 fully saturated rings. The van der Waals surface area contributed by atoms with Gasteiger partial charge in [-0.2, -0.15) is 0 Å². The van der Waals surface area contributed by atoms with Crippen molar-refractivity contribution in [3.8, 4) is 0 Å². The Morgan fingerprint density at radius 2 is 1.56 bits per heavy atom. The van der Waals surface area contributed by atoms with Gasteiger partial charge in [0.15, 0.2) is 0 Å². The zero-order valence-corrected chi connectivity index (χ0v) is 17.0. The van der Waals surface area contributed by atoms with Gasteiger partial charge in [0, 0.05) is 11.7 Å². The molecule has 0 atom stereocenters. The number of carbonyl (C=O) groups excluding carboxylic acids is 1. The fraction of sp³-hybridized carbons (Fsp3) is 0.381. The van der Waals surface area contributed by atoms with Crippen LogP contribution in [0.25, 0.3) is 0 Å². The van der Waals surface area contributed by atoms with Crippen LogP contribution in [0.3, 0.4) is 0 Å². The maximum atomic E-state index is 13.0. The Bertz CT molecular complexity index is 949. The van der Waals surface area contributed by atoms with Crippen molar-refractivity contribution in [3.63, 3.8) is 0 Å². The van der Waals surface area contributed by atoms with Gasteiger partial charge in [-0.3, -0.25) is 9.52 Å². The summed E-state index contributed by atoms with van der Waals surface area (Å²) >= 11 is 0. The van der Waals surface area contributed by atoms with Crippen LogP contribution in [0, 0.1) is 27.7 Å². The first-order valence-corrected chi connectivity index (χ1v) is 10.6. The average molecular weight is 387 g/mol. The van der Waals surface area contributed by atoms with Gasteiger partial charge in [0.1, 0.15) is 0 Å². The first kappa shape index (κ1) is 19.4. The molecule has 27 heavy (non-hydrogen) atoms. The highest BCUT2D eigenvalue weighted by Crippen LogP contribution is 2.28. The van der Waals surface area contributed by atoms with Crippen molar-refractivity contribution >= 4 is 21.6 Å². The molecule has 0 saturated heterocycles. The predicted molar refractivity (Wildman–Crippen MR) is 108 cm³/mol. The first-order chi connectivity index (χ1) is 12.7. The molecule has 0 aromatic heterocycles. The van der Waals surface area contributed by atoms with Crippen molar-refractivity contribution in [3.05, 3.63) is 58.1 Å². The van der Waals surface area contributed by atoms with Gasteiger partial charge in [0.05, 0.1) is 11.3 Å². The predicted octanol–water partition coefficient (Wildman–Crippen LogP) is 3.54. The zero-order chi connectivity index (χ0) is 19.8. The summed E-state index contributed by atoms with van der Waals surface area (Å²) in [6.45, 7) is 7.50. The second-order valence-corrected chi connectivity index (χ2v) is 9.03. The second-order valence-electron chi connectivity index (χ2n) is 7.41. The molecule has 1 amide bonds. The molecular formula is C21H26N2O3S. The molecule has 0 aliphatic heterocycles. The first-order valence-electron chi connectivity index (χ1n) is 9.16. The highest BCUT2D eigenvalue weighted by atomic mass is 32.2. The summed E-state index contributed by atoms with van der Waals surface area (Å²) in [5.74, 6) is 0.00677. The molecule has 3 rings (SSSR count). The molecule has 1 aliphatic rings. The Morgan fingerprint density at radius 1 is 1.00 bits per heavy atom. The van der Waals surface area contributed by atoms with E-state index in [1.807, 2.05) is 33.8 Å². The molecule has 0 unspecified atom stereocenters. The topological polar surface area (TPSA) is 75.3 Å². The van der Waals surface area contributed by atoms with E-state index in [0.717, 1.165) is 40.7 Å². The van der Waals surface area contributed by atoms with E-state index in [2.05, 4.69) is 10.0 Å². The second kappa shape index (κ2) is 7.35. The number of benzene rings is 2. The maximum absolute atomic E-state index is 13.0. The van der Waals surface area contributed by atoms with Crippen LogP contribution in [0.5, 0.6) is 0 Å². The molecule has 0 heterocycles. The summed E-state index contributed by atoms with van der Waals surface area (Å²) in [6, 6.07) is 9.31. The van der Waals surface area contributed by atoms with Crippen molar-refractivity contribution in [2.75, 3.05) is 4.72 Å². The summed E-state index contributed by atoms with van der Waals surface area (Å²) in [5, 5.41) is 2.95. The molecule has 1 aliphatic carbocycles. The molecule has 5 nitrogen and oxygen atoms in total. The average Bonchev–Trinajstić information content (AvgIpc) is 3.38. The minimum atomic E-state index is -3.69. The van der Waals surface area contributed by atoms with Crippen LogP contribution in [0.2, 0.25) is 0 Å². The van der Waals surface area contributed by atoms with Crippen molar-refractivity contribution in [1.29, 1.82) is 0 Å². The van der Waals surface area contributed by atoms with Gasteiger partial charge in [-0.15, -0.1) is 0 Å². The number of anilines is 1. The smallest absolute Gasteiger partial charge is 0.262 e. The highest BCUT2D eigenvalue weighted by molar-refractivity contribution is 7.92. The van der Waals surface area contributed by atoms with E-state index in [4.69, 9.17) is 0 Å². The Morgan fingerprint density at radius 3 is 2.07 bits per heavy atom. The lowest BCUT2D eigenvalue weighted by molar-refractivity contribution is -0.120. The van der Waals surface area contributed by atoms with Crippen LogP contribution < -0.4 is 10.0 Å². The number of aryl methyl sites for hydroxylation is 2. The molecule has 144 valence electrons. The van der Waals surface area contributed by atoms with Crippen LogP contribution in [0.4, 0.5) is 5.69 Å². The molecule has 0 spiro atoms. The molecule has 2 aromatic carbocycles. The van der Waals surface area contributed by atoms with Crippen LogP contribution in [0.1, 0.15) is 40.7 Å².